The zero-order chi connectivity index (χ0) is 33.1. The Kier molecular flexibility index (Phi) is 9.79. The van der Waals surface area contributed by atoms with Gasteiger partial charge in [-0.15, -0.1) is 0 Å². The molecule has 0 radical (unpaired) electrons. The first-order chi connectivity index (χ1) is 22.7. The molecule has 0 bridgehead atoms. The summed E-state index contributed by atoms with van der Waals surface area (Å²) in [7, 11) is 0. The summed E-state index contributed by atoms with van der Waals surface area (Å²) in [5.41, 5.74) is 11.3. The normalized spacial score (nSPS) is 18.7. The minimum Gasteiger partial charge on any atom is -0.406 e. The molecule has 0 unspecified atom stereocenters. The number of nitrogens with two attached hydrogens (primary N) is 1. The number of aromatic nitrogens is 1. The van der Waals surface area contributed by atoms with Crippen LogP contribution in [-0.4, -0.2) is 41.3 Å². The maximum Gasteiger partial charge on any atom is 0.417 e. The highest BCUT2D eigenvalue weighted by Gasteiger charge is 2.30. The third-order valence-corrected chi connectivity index (χ3v) is 9.84. The molecule has 2 fully saturated rings. The van der Waals surface area contributed by atoms with E-state index in [0.29, 0.717) is 29.2 Å². The number of anilines is 1. The lowest BCUT2D eigenvalue weighted by Crippen LogP contribution is -2.48. The van der Waals surface area contributed by atoms with Crippen LogP contribution in [0.4, 0.5) is 5.69 Å². The Labute approximate surface area is 277 Å². The number of H-pyrrole nitrogens is 1. The van der Waals surface area contributed by atoms with Crippen LogP contribution in [0.25, 0.3) is 22.2 Å². The van der Waals surface area contributed by atoms with Gasteiger partial charge in [-0.1, -0.05) is 41.9 Å². The third-order valence-electron chi connectivity index (χ3n) is 9.56. The largest absolute Gasteiger partial charge is 0.417 e. The van der Waals surface area contributed by atoms with Crippen molar-refractivity contribution in [3.05, 3.63) is 86.9 Å². The Morgan fingerprint density at radius 1 is 1.00 bits per heavy atom. The molecular formula is C36H40ClN5O5. The number of rotatable bonds is 10. The minimum absolute atomic E-state index is 0.0428. The molecule has 0 spiro atoms. The van der Waals surface area contributed by atoms with Crippen LogP contribution >= 0.6 is 11.6 Å². The van der Waals surface area contributed by atoms with Crippen molar-refractivity contribution < 1.29 is 18.8 Å². The summed E-state index contributed by atoms with van der Waals surface area (Å²) in [5, 5.41) is 9.13. The molecule has 6 N–H and O–H groups in total. The summed E-state index contributed by atoms with van der Waals surface area (Å²) in [5.74, 6) is -1.01. The van der Waals surface area contributed by atoms with E-state index in [0.717, 1.165) is 67.2 Å². The number of nitrogens with one attached hydrogen (secondary N) is 4. The molecule has 1 atom stereocenters. The fourth-order valence-corrected chi connectivity index (χ4v) is 6.74. The van der Waals surface area contributed by atoms with E-state index in [4.69, 9.17) is 21.8 Å². The van der Waals surface area contributed by atoms with Gasteiger partial charge in [0, 0.05) is 29.6 Å². The molecule has 3 aromatic carbocycles. The van der Waals surface area contributed by atoms with Crippen LogP contribution in [0.3, 0.4) is 0 Å². The predicted octanol–water partition coefficient (Wildman–Crippen LogP) is 5.46. The molecule has 6 rings (SSSR count). The average molecular weight is 658 g/mol. The Morgan fingerprint density at radius 3 is 2.40 bits per heavy atom. The van der Waals surface area contributed by atoms with Gasteiger partial charge in [0.1, 0.15) is 6.04 Å². The number of halogens is 1. The number of aryl methyl sites for hydroxylation is 1. The van der Waals surface area contributed by atoms with Crippen LogP contribution < -0.4 is 27.4 Å². The van der Waals surface area contributed by atoms with Crippen molar-refractivity contribution in [2.24, 2.45) is 17.6 Å². The van der Waals surface area contributed by atoms with E-state index in [-0.39, 0.29) is 40.8 Å². The van der Waals surface area contributed by atoms with E-state index in [1.807, 2.05) is 49.4 Å². The molecule has 0 aliphatic heterocycles. The molecule has 4 aromatic rings. The highest BCUT2D eigenvalue weighted by atomic mass is 35.5. The summed E-state index contributed by atoms with van der Waals surface area (Å²) in [4.78, 5) is 53.9. The molecule has 10 nitrogen and oxygen atoms in total. The van der Waals surface area contributed by atoms with Crippen LogP contribution in [0.15, 0.2) is 63.8 Å². The summed E-state index contributed by atoms with van der Waals surface area (Å²) in [6.45, 7) is 2.60. The first-order valence-corrected chi connectivity index (χ1v) is 16.7. The zero-order valence-electron chi connectivity index (χ0n) is 26.4. The van der Waals surface area contributed by atoms with E-state index in [2.05, 4.69) is 20.9 Å². The van der Waals surface area contributed by atoms with Crippen molar-refractivity contribution in [1.82, 2.24) is 15.6 Å². The monoisotopic (exact) mass is 657 g/mol. The van der Waals surface area contributed by atoms with Gasteiger partial charge < -0.3 is 26.1 Å². The fourth-order valence-electron chi connectivity index (χ4n) is 6.49. The summed E-state index contributed by atoms with van der Waals surface area (Å²) in [6, 6.07) is 16.1. The van der Waals surface area contributed by atoms with Crippen molar-refractivity contribution in [3.63, 3.8) is 0 Å². The van der Waals surface area contributed by atoms with E-state index in [9.17, 15) is 19.2 Å². The van der Waals surface area contributed by atoms with Gasteiger partial charge in [0.2, 0.25) is 11.8 Å². The molecule has 1 heterocycles. The van der Waals surface area contributed by atoms with Crippen molar-refractivity contribution in [2.75, 3.05) is 11.9 Å². The second kappa shape index (κ2) is 14.1. The number of hydrogen-bond acceptors (Lipinski definition) is 6. The molecular weight excluding hydrogens is 618 g/mol. The Bertz CT molecular complexity index is 1840. The standard InChI is InChI=1S/C36H40ClN5O5/c1-20-15-25(34(44)39-26-3-2-4-26)13-14-28(20)23-9-5-21(6-10-23)16-31(41-33(43)24-11-7-22(19-38)8-12-24)35(45)40-27-17-29(37)32-30(18-27)42-36(46)47-32/h5-6,9-10,13-15,17-18,22,24,26,31H,2-4,7-8,11-12,16,19,38H2,1H3,(H,39,44)(H,40,45)(H,41,43)(H,42,46)/t22?,24?,31-/m0/s1. The van der Waals surface area contributed by atoms with Gasteiger partial charge in [-0.05, 0) is 111 Å². The second-order valence-corrected chi connectivity index (χ2v) is 13.3. The molecule has 47 heavy (non-hydrogen) atoms. The molecule has 2 aliphatic carbocycles. The molecule has 2 saturated carbocycles. The fraction of sp³-hybridized carbons (Fsp3) is 0.389. The average Bonchev–Trinajstić information content (AvgIpc) is 3.43. The van der Waals surface area contributed by atoms with Crippen LogP contribution in [0.5, 0.6) is 0 Å². The van der Waals surface area contributed by atoms with Crippen LogP contribution in [0.2, 0.25) is 5.02 Å². The van der Waals surface area contributed by atoms with Crippen molar-refractivity contribution in [1.29, 1.82) is 0 Å². The highest BCUT2D eigenvalue weighted by molar-refractivity contribution is 6.35. The first-order valence-electron chi connectivity index (χ1n) is 16.3. The molecule has 0 saturated heterocycles. The van der Waals surface area contributed by atoms with E-state index in [1.165, 1.54) is 6.07 Å². The number of hydrogen-bond donors (Lipinski definition) is 5. The zero-order valence-corrected chi connectivity index (χ0v) is 27.1. The predicted molar refractivity (Wildman–Crippen MR) is 182 cm³/mol. The van der Waals surface area contributed by atoms with Gasteiger partial charge in [-0.3, -0.25) is 19.4 Å². The number of carbonyl (C=O) groups excluding carboxylic acids is 3. The van der Waals surface area contributed by atoms with E-state index < -0.39 is 17.7 Å². The van der Waals surface area contributed by atoms with E-state index in [1.54, 1.807) is 6.07 Å². The number of oxazole rings is 1. The Hall–Kier alpha value is -4.41. The van der Waals surface area contributed by atoms with Crippen molar-refractivity contribution in [2.45, 2.75) is 70.4 Å². The lowest BCUT2D eigenvalue weighted by atomic mass is 9.81. The topological polar surface area (TPSA) is 159 Å². The third kappa shape index (κ3) is 7.60. The summed E-state index contributed by atoms with van der Waals surface area (Å²) in [6.07, 6.45) is 6.73. The lowest BCUT2D eigenvalue weighted by molar-refractivity contribution is -0.130. The molecule has 2 aliphatic rings. The Balaban J connectivity index is 1.18. The highest BCUT2D eigenvalue weighted by Crippen LogP contribution is 2.30. The maximum atomic E-state index is 13.7. The van der Waals surface area contributed by atoms with Gasteiger partial charge in [-0.25, -0.2) is 4.79 Å². The minimum atomic E-state index is -0.867. The number of amides is 3. The van der Waals surface area contributed by atoms with Gasteiger partial charge in [0.05, 0.1) is 10.5 Å². The van der Waals surface area contributed by atoms with Gasteiger partial charge in [0.25, 0.3) is 5.91 Å². The first kappa shape index (κ1) is 32.5. The number of benzene rings is 3. The smallest absolute Gasteiger partial charge is 0.406 e. The Morgan fingerprint density at radius 2 is 1.74 bits per heavy atom. The van der Waals surface area contributed by atoms with Crippen molar-refractivity contribution in [3.8, 4) is 11.1 Å². The number of aromatic amines is 1. The van der Waals surface area contributed by atoms with E-state index >= 15 is 0 Å². The molecule has 3 amide bonds. The maximum absolute atomic E-state index is 13.7. The SMILES string of the molecule is Cc1cc(C(=O)NC2CCC2)ccc1-c1ccc(C[C@H](NC(=O)C2CCC(CN)CC2)C(=O)Nc2cc(Cl)c3oc(=O)[nH]c3c2)cc1. The lowest BCUT2D eigenvalue weighted by Gasteiger charge is -2.28. The number of carbonyl (C=O) groups is 3. The van der Waals surface area contributed by atoms with Crippen LogP contribution in [0, 0.1) is 18.8 Å². The van der Waals surface area contributed by atoms with Crippen LogP contribution in [0.1, 0.15) is 66.4 Å². The van der Waals surface area contributed by atoms with Crippen molar-refractivity contribution >= 4 is 46.1 Å². The summed E-state index contributed by atoms with van der Waals surface area (Å²) >= 11 is 6.30. The second-order valence-electron chi connectivity index (χ2n) is 12.9. The van der Waals surface area contributed by atoms with Crippen LogP contribution in [-0.2, 0) is 16.0 Å². The van der Waals surface area contributed by atoms with Gasteiger partial charge in [0.15, 0.2) is 5.58 Å². The number of fused-ring (bicyclic) bond motifs is 1. The molecule has 246 valence electrons. The van der Waals surface area contributed by atoms with Gasteiger partial charge in [-0.2, -0.15) is 0 Å². The summed E-state index contributed by atoms with van der Waals surface area (Å²) < 4.78 is 5.07. The quantitative estimate of drug-likeness (QED) is 0.152. The molecule has 1 aromatic heterocycles. The van der Waals surface area contributed by atoms with Gasteiger partial charge >= 0.3 is 5.76 Å². The molecule has 11 heteroatoms.